The van der Waals surface area contributed by atoms with Gasteiger partial charge in [0, 0.05) is 15.6 Å². The molecule has 0 heterocycles. The lowest BCUT2D eigenvalue weighted by atomic mass is 10.1. The van der Waals surface area contributed by atoms with E-state index in [1.807, 2.05) is 18.2 Å². The molecule has 0 aromatic heterocycles. The minimum atomic E-state index is -3.41. The zero-order chi connectivity index (χ0) is 31.8. The van der Waals surface area contributed by atoms with Gasteiger partial charge in [-0.05, 0) is 87.9 Å². The average Bonchev–Trinajstić information content (AvgIpc) is 3.19. The van der Waals surface area contributed by atoms with Crippen LogP contribution in [-0.4, -0.2) is 50.7 Å². The maximum Gasteiger partial charge on any atom is 0.190 e. The van der Waals surface area contributed by atoms with Crippen LogP contribution < -0.4 is 44.0 Å². The van der Waals surface area contributed by atoms with E-state index < -0.39 is 8.07 Å². The number of hydrogen-bond acceptors (Lipinski definition) is 6. The number of aryl methyl sites for hydroxylation is 3. The van der Waals surface area contributed by atoms with Crippen LogP contribution in [0.2, 0.25) is 0 Å². The van der Waals surface area contributed by atoms with Gasteiger partial charge in [0.05, 0.1) is 42.7 Å². The van der Waals surface area contributed by atoms with Crippen LogP contribution in [-0.2, 0) is 0 Å². The summed E-state index contributed by atoms with van der Waals surface area (Å²) in [5, 5.41) is 4.48. The molecule has 1 aliphatic carbocycles. The topological polar surface area (TPSA) is 55.4 Å². The maximum absolute atomic E-state index is 6.31. The molecule has 0 spiro atoms. The molecule has 1 atom stereocenters. The fourth-order valence-corrected chi connectivity index (χ4v) is 13.4. The van der Waals surface area contributed by atoms with Crippen molar-refractivity contribution in [3.63, 3.8) is 0 Å². The second-order valence-corrected chi connectivity index (χ2v) is 15.1. The molecule has 0 radical (unpaired) electrons. The lowest BCUT2D eigenvalue weighted by Gasteiger charge is -2.41. The van der Waals surface area contributed by atoms with Crippen LogP contribution in [0.4, 0.5) is 0 Å². The van der Waals surface area contributed by atoms with Crippen molar-refractivity contribution in [1.29, 1.82) is 0 Å². The summed E-state index contributed by atoms with van der Waals surface area (Å²) >= 11 is 0. The number of ether oxygens (including phenoxy) is 6. The largest absolute Gasteiger partial charge is 0.493 e. The van der Waals surface area contributed by atoms with E-state index >= 15 is 0 Å². The van der Waals surface area contributed by atoms with Crippen LogP contribution >= 0.6 is 0 Å². The van der Waals surface area contributed by atoms with Crippen LogP contribution in [0.15, 0.2) is 58.3 Å². The molecule has 1 aliphatic rings. The molecule has 0 fully saturated rings. The minimum absolute atomic E-state index is 0.135. The fourth-order valence-electron chi connectivity index (χ4n) is 6.98. The zero-order valence-corrected chi connectivity index (χ0v) is 29.0. The smallest absolute Gasteiger partial charge is 0.190 e. The molecule has 1 unspecified atom stereocenters. The van der Waals surface area contributed by atoms with Gasteiger partial charge in [-0.2, -0.15) is 0 Å². The normalized spacial score (nSPS) is 15.1. The predicted octanol–water partition coefficient (Wildman–Crippen LogP) is 5.98. The van der Waals surface area contributed by atoms with Crippen molar-refractivity contribution in [2.45, 2.75) is 48.5 Å². The van der Waals surface area contributed by atoms with Gasteiger partial charge in [0.25, 0.3) is 0 Å². The van der Waals surface area contributed by atoms with E-state index in [-0.39, 0.29) is 5.92 Å². The molecule has 7 heteroatoms. The third kappa shape index (κ3) is 4.97. The molecule has 3 aromatic rings. The van der Waals surface area contributed by atoms with Crippen molar-refractivity contribution in [2.24, 2.45) is 5.92 Å². The van der Waals surface area contributed by atoms with Gasteiger partial charge in [-0.3, -0.25) is 0 Å². The summed E-state index contributed by atoms with van der Waals surface area (Å²) in [4.78, 5) is 0. The molecule has 0 N–H and O–H groups in total. The van der Waals surface area contributed by atoms with E-state index in [9.17, 15) is 0 Å². The second-order valence-electron chi connectivity index (χ2n) is 11.5. The van der Waals surface area contributed by atoms with Crippen LogP contribution in [0.5, 0.6) is 34.5 Å². The third-order valence-electron chi connectivity index (χ3n) is 9.13. The van der Waals surface area contributed by atoms with E-state index in [0.29, 0.717) is 34.5 Å². The van der Waals surface area contributed by atoms with E-state index in [2.05, 4.69) is 66.7 Å². The van der Waals surface area contributed by atoms with E-state index in [1.165, 1.54) is 21.9 Å². The molecule has 43 heavy (non-hydrogen) atoms. The van der Waals surface area contributed by atoms with Gasteiger partial charge in [0.15, 0.2) is 42.6 Å². The Kier molecular flexibility index (Phi) is 9.26. The van der Waals surface area contributed by atoms with Gasteiger partial charge in [0.2, 0.25) is 0 Å². The fraction of sp³-hybridized carbons (Fsp3) is 0.389. The van der Waals surface area contributed by atoms with Crippen molar-refractivity contribution in [2.75, 3.05) is 42.7 Å². The minimum Gasteiger partial charge on any atom is -0.493 e. The molecule has 3 aromatic carbocycles. The number of benzene rings is 3. The van der Waals surface area contributed by atoms with Gasteiger partial charge in [-0.25, -0.2) is 0 Å². The third-order valence-corrected chi connectivity index (χ3v) is 14.3. The second kappa shape index (κ2) is 12.4. The standard InChI is InChI=1S/C36H46O6Si/c1-20-14-27(37-8)33(40-11)30(17-20)43(36-25(6)23(4)24(5)26(36)7,31-18-21(2)15-28(38-9)34(31)41-12)32-19-22(3)16-29(39-10)35(32)42-13/h14-19,25H,1-13H3. The van der Waals surface area contributed by atoms with Gasteiger partial charge < -0.3 is 28.4 Å². The summed E-state index contributed by atoms with van der Waals surface area (Å²) in [6, 6.07) is 12.8. The van der Waals surface area contributed by atoms with Crippen LogP contribution in [0.3, 0.4) is 0 Å². The SMILES string of the molecule is COc1cc(C)cc([Si](C2=C(C)C(C)=C(C)C2C)(c2cc(C)cc(OC)c2OC)c2cc(C)cc(OC)c2OC)c1OC. The average molecular weight is 603 g/mol. The van der Waals surface area contributed by atoms with Crippen LogP contribution in [0, 0.1) is 26.7 Å². The summed E-state index contributed by atoms with van der Waals surface area (Å²) in [5.74, 6) is 4.25. The molecule has 0 aliphatic heterocycles. The summed E-state index contributed by atoms with van der Waals surface area (Å²) < 4.78 is 36.9. The summed E-state index contributed by atoms with van der Waals surface area (Å²) in [7, 11) is 6.80. The van der Waals surface area contributed by atoms with Gasteiger partial charge in [-0.1, -0.05) is 41.5 Å². The number of hydrogen-bond donors (Lipinski definition) is 0. The summed E-state index contributed by atoms with van der Waals surface area (Å²) in [6.45, 7) is 15.3. The molecule has 0 bridgehead atoms. The molecular weight excluding hydrogens is 556 g/mol. The molecule has 6 nitrogen and oxygen atoms in total. The van der Waals surface area contributed by atoms with Gasteiger partial charge in [0.1, 0.15) is 0 Å². The predicted molar refractivity (Wildman–Crippen MR) is 178 cm³/mol. The summed E-state index contributed by atoms with van der Waals surface area (Å²) in [6.07, 6.45) is 0. The molecule has 4 rings (SSSR count). The quantitative estimate of drug-likeness (QED) is 0.210. The Morgan fingerprint density at radius 3 is 1.02 bits per heavy atom. The first-order chi connectivity index (χ1) is 20.5. The van der Waals surface area contributed by atoms with E-state index in [4.69, 9.17) is 28.4 Å². The zero-order valence-electron chi connectivity index (χ0n) is 28.0. The molecule has 0 saturated heterocycles. The van der Waals surface area contributed by atoms with Crippen molar-refractivity contribution in [1.82, 2.24) is 0 Å². The first kappa shape index (κ1) is 32.1. The number of allylic oxidation sites excluding steroid dienone is 4. The van der Waals surface area contributed by atoms with E-state index in [0.717, 1.165) is 32.3 Å². The number of methoxy groups -OCH3 is 6. The highest BCUT2D eigenvalue weighted by atomic mass is 28.3. The highest BCUT2D eigenvalue weighted by Gasteiger charge is 2.54. The lowest BCUT2D eigenvalue weighted by molar-refractivity contribution is 0.355. The van der Waals surface area contributed by atoms with Crippen molar-refractivity contribution >= 4 is 23.6 Å². The Labute approximate surface area is 258 Å². The highest BCUT2D eigenvalue weighted by Crippen LogP contribution is 2.46. The van der Waals surface area contributed by atoms with Gasteiger partial charge in [-0.15, -0.1) is 0 Å². The van der Waals surface area contributed by atoms with Gasteiger partial charge >= 0.3 is 0 Å². The Hall–Kier alpha value is -3.84. The Morgan fingerprint density at radius 2 is 0.791 bits per heavy atom. The highest BCUT2D eigenvalue weighted by molar-refractivity contribution is 7.17. The maximum atomic E-state index is 6.31. The molecule has 0 amide bonds. The first-order valence-corrected chi connectivity index (χ1v) is 16.5. The Balaban J connectivity index is 2.49. The van der Waals surface area contributed by atoms with E-state index in [1.54, 1.807) is 42.7 Å². The van der Waals surface area contributed by atoms with Crippen molar-refractivity contribution in [3.8, 4) is 34.5 Å². The molecular formula is C36H46O6Si. The number of rotatable bonds is 10. The molecule has 230 valence electrons. The van der Waals surface area contributed by atoms with Crippen LogP contribution in [0.25, 0.3) is 0 Å². The Bertz CT molecular complexity index is 1470. The van der Waals surface area contributed by atoms with Crippen LogP contribution in [0.1, 0.15) is 44.4 Å². The van der Waals surface area contributed by atoms with Crippen molar-refractivity contribution in [3.05, 3.63) is 75.0 Å². The monoisotopic (exact) mass is 602 g/mol. The lowest BCUT2D eigenvalue weighted by Crippen LogP contribution is -2.70. The van der Waals surface area contributed by atoms with Crippen molar-refractivity contribution < 1.29 is 28.4 Å². The Morgan fingerprint density at radius 1 is 0.465 bits per heavy atom. The summed E-state index contributed by atoms with van der Waals surface area (Å²) in [5.41, 5.74) is 7.10. The first-order valence-electron chi connectivity index (χ1n) is 14.5. The molecule has 0 saturated carbocycles.